The smallest absolute Gasteiger partial charge is 0.0390 e. The van der Waals surface area contributed by atoms with E-state index in [-0.39, 0.29) is 11.5 Å². The maximum atomic E-state index is 6.57. The Hall–Kier alpha value is -1.60. The van der Waals surface area contributed by atoms with E-state index in [1.54, 1.807) is 0 Å². The molecule has 2 aromatic rings. The normalized spacial score (nSPS) is 13.3. The molecule has 0 bridgehead atoms. The molecule has 0 radical (unpaired) electrons. The minimum atomic E-state index is -0.0835. The van der Waals surface area contributed by atoms with Crippen LogP contribution in [0.1, 0.15) is 42.1 Å². The van der Waals surface area contributed by atoms with Gasteiger partial charge >= 0.3 is 0 Å². The molecule has 1 unspecified atom stereocenters. The Morgan fingerprint density at radius 2 is 1.58 bits per heavy atom. The van der Waals surface area contributed by atoms with Gasteiger partial charge in [0.1, 0.15) is 0 Å². The minimum absolute atomic E-state index is 0.00481. The molecule has 0 spiro atoms. The highest BCUT2D eigenvalue weighted by molar-refractivity contribution is 5.37. The first kappa shape index (κ1) is 13.8. The van der Waals surface area contributed by atoms with Crippen LogP contribution in [0.3, 0.4) is 0 Å². The summed E-state index contributed by atoms with van der Waals surface area (Å²) in [4.78, 5) is 0. The minimum Gasteiger partial charge on any atom is -0.323 e. The van der Waals surface area contributed by atoms with E-state index in [0.717, 1.165) is 0 Å². The molecule has 0 aromatic heterocycles. The number of nitrogens with two attached hydrogens (primary N) is 1. The maximum absolute atomic E-state index is 6.57. The Labute approximate surface area is 116 Å². The molecule has 0 saturated carbocycles. The predicted octanol–water partition coefficient (Wildman–Crippen LogP) is 4.28. The molecule has 100 valence electrons. The molecule has 0 aliphatic heterocycles. The fourth-order valence-corrected chi connectivity index (χ4v) is 2.53. The number of rotatable bonds is 3. The van der Waals surface area contributed by atoms with E-state index < -0.39 is 0 Å². The molecule has 0 fully saturated rings. The fraction of sp³-hybridized carbons (Fsp3) is 0.333. The molecule has 19 heavy (non-hydrogen) atoms. The third kappa shape index (κ3) is 2.71. The van der Waals surface area contributed by atoms with Crippen molar-refractivity contribution >= 4 is 0 Å². The fourth-order valence-electron chi connectivity index (χ4n) is 2.53. The first-order chi connectivity index (χ1) is 8.93. The van der Waals surface area contributed by atoms with Crippen molar-refractivity contribution in [2.75, 3.05) is 0 Å². The van der Waals surface area contributed by atoms with Crippen molar-refractivity contribution in [1.29, 1.82) is 0 Å². The van der Waals surface area contributed by atoms with Crippen LogP contribution in [0.2, 0.25) is 0 Å². The van der Waals surface area contributed by atoms with Gasteiger partial charge in [-0.15, -0.1) is 0 Å². The third-order valence-corrected chi connectivity index (χ3v) is 4.07. The van der Waals surface area contributed by atoms with Crippen LogP contribution in [0.4, 0.5) is 0 Å². The molecular formula is C18H23N. The van der Waals surface area contributed by atoms with Crippen molar-refractivity contribution in [3.63, 3.8) is 0 Å². The maximum Gasteiger partial charge on any atom is 0.0390 e. The van der Waals surface area contributed by atoms with E-state index in [9.17, 15) is 0 Å². The average Bonchev–Trinajstić information content (AvgIpc) is 2.41. The lowest BCUT2D eigenvalue weighted by molar-refractivity contribution is 0.419. The standard InChI is InChI=1S/C18H23N/c1-13-10-11-14(2)16(12-13)17(19)18(3,4)15-8-6-5-7-9-15/h5-12,17H,19H2,1-4H3. The van der Waals surface area contributed by atoms with Crippen molar-refractivity contribution < 1.29 is 0 Å². The largest absolute Gasteiger partial charge is 0.323 e. The zero-order chi connectivity index (χ0) is 14.0. The van der Waals surface area contributed by atoms with E-state index in [0.29, 0.717) is 0 Å². The van der Waals surface area contributed by atoms with Gasteiger partial charge in [-0.25, -0.2) is 0 Å². The van der Waals surface area contributed by atoms with Crippen LogP contribution in [-0.2, 0) is 5.41 Å². The highest BCUT2D eigenvalue weighted by Gasteiger charge is 2.30. The highest BCUT2D eigenvalue weighted by atomic mass is 14.7. The van der Waals surface area contributed by atoms with Gasteiger partial charge in [-0.3, -0.25) is 0 Å². The Morgan fingerprint density at radius 3 is 2.21 bits per heavy atom. The second-order valence-corrected chi connectivity index (χ2v) is 5.93. The molecule has 1 nitrogen and oxygen atoms in total. The van der Waals surface area contributed by atoms with Gasteiger partial charge in [0.25, 0.3) is 0 Å². The second-order valence-electron chi connectivity index (χ2n) is 5.93. The van der Waals surface area contributed by atoms with E-state index >= 15 is 0 Å². The predicted molar refractivity (Wildman–Crippen MR) is 82.3 cm³/mol. The monoisotopic (exact) mass is 253 g/mol. The summed E-state index contributed by atoms with van der Waals surface area (Å²) < 4.78 is 0. The molecule has 0 aliphatic carbocycles. The highest BCUT2D eigenvalue weighted by Crippen LogP contribution is 2.36. The molecule has 1 atom stereocenters. The lowest BCUT2D eigenvalue weighted by Crippen LogP contribution is -2.33. The summed E-state index contributed by atoms with van der Waals surface area (Å²) in [6.45, 7) is 8.68. The van der Waals surface area contributed by atoms with Crippen LogP contribution in [-0.4, -0.2) is 0 Å². The summed E-state index contributed by atoms with van der Waals surface area (Å²) in [5.41, 5.74) is 11.5. The number of hydrogen-bond acceptors (Lipinski definition) is 1. The van der Waals surface area contributed by atoms with E-state index in [4.69, 9.17) is 5.73 Å². The summed E-state index contributed by atoms with van der Waals surface area (Å²) in [7, 11) is 0. The van der Waals surface area contributed by atoms with Gasteiger partial charge in [0.05, 0.1) is 0 Å². The molecule has 2 aromatic carbocycles. The zero-order valence-corrected chi connectivity index (χ0v) is 12.3. The van der Waals surface area contributed by atoms with E-state index in [1.165, 1.54) is 22.3 Å². The second kappa shape index (κ2) is 5.18. The van der Waals surface area contributed by atoms with Crippen LogP contribution in [0.15, 0.2) is 48.5 Å². The van der Waals surface area contributed by atoms with Crippen LogP contribution < -0.4 is 5.73 Å². The van der Waals surface area contributed by atoms with Crippen molar-refractivity contribution in [3.05, 3.63) is 70.8 Å². The molecule has 0 aliphatic rings. The zero-order valence-electron chi connectivity index (χ0n) is 12.3. The van der Waals surface area contributed by atoms with Crippen LogP contribution >= 0.6 is 0 Å². The van der Waals surface area contributed by atoms with Gasteiger partial charge in [-0.05, 0) is 30.5 Å². The summed E-state index contributed by atoms with van der Waals surface area (Å²) in [5.74, 6) is 0. The first-order valence-corrected chi connectivity index (χ1v) is 6.81. The third-order valence-electron chi connectivity index (χ3n) is 4.07. The van der Waals surface area contributed by atoms with E-state index in [2.05, 4.69) is 70.2 Å². The van der Waals surface area contributed by atoms with Gasteiger partial charge < -0.3 is 5.73 Å². The number of aryl methyl sites for hydroxylation is 2. The Kier molecular flexibility index (Phi) is 3.77. The van der Waals surface area contributed by atoms with Crippen molar-refractivity contribution in [2.24, 2.45) is 5.73 Å². The number of hydrogen-bond donors (Lipinski definition) is 1. The van der Waals surface area contributed by atoms with Gasteiger partial charge in [0.15, 0.2) is 0 Å². The molecule has 2 rings (SSSR count). The van der Waals surface area contributed by atoms with Crippen LogP contribution in [0.25, 0.3) is 0 Å². The van der Waals surface area contributed by atoms with Crippen molar-refractivity contribution in [3.8, 4) is 0 Å². The molecule has 0 heterocycles. The number of benzene rings is 2. The topological polar surface area (TPSA) is 26.0 Å². The quantitative estimate of drug-likeness (QED) is 0.868. The van der Waals surface area contributed by atoms with Crippen molar-refractivity contribution in [2.45, 2.75) is 39.2 Å². The molecule has 1 heteroatoms. The Balaban J connectivity index is 2.43. The molecular weight excluding hydrogens is 230 g/mol. The van der Waals surface area contributed by atoms with Gasteiger partial charge in [-0.2, -0.15) is 0 Å². The van der Waals surface area contributed by atoms with Crippen molar-refractivity contribution in [1.82, 2.24) is 0 Å². The summed E-state index contributed by atoms with van der Waals surface area (Å²) in [6.07, 6.45) is 0. The lowest BCUT2D eigenvalue weighted by Gasteiger charge is -2.33. The molecule has 2 N–H and O–H groups in total. The SMILES string of the molecule is Cc1ccc(C)c(C(N)C(C)(C)c2ccccc2)c1. The van der Waals surface area contributed by atoms with E-state index in [1.807, 2.05) is 6.07 Å². The first-order valence-electron chi connectivity index (χ1n) is 6.81. The Morgan fingerprint density at radius 1 is 0.947 bits per heavy atom. The summed E-state index contributed by atoms with van der Waals surface area (Å²) >= 11 is 0. The summed E-state index contributed by atoms with van der Waals surface area (Å²) in [5, 5.41) is 0. The average molecular weight is 253 g/mol. The van der Waals surface area contributed by atoms with Crippen LogP contribution in [0, 0.1) is 13.8 Å². The van der Waals surface area contributed by atoms with Gasteiger partial charge in [0.2, 0.25) is 0 Å². The Bertz CT molecular complexity index is 555. The van der Waals surface area contributed by atoms with Gasteiger partial charge in [0, 0.05) is 11.5 Å². The molecule has 0 amide bonds. The van der Waals surface area contributed by atoms with Gasteiger partial charge in [-0.1, -0.05) is 67.9 Å². The molecule has 0 saturated heterocycles. The van der Waals surface area contributed by atoms with Crippen LogP contribution in [0.5, 0.6) is 0 Å². The summed E-state index contributed by atoms with van der Waals surface area (Å²) in [6, 6.07) is 17.0. The lowest BCUT2D eigenvalue weighted by atomic mass is 9.74.